The molecular formula is C12H13Cl2N3S. The van der Waals surface area contributed by atoms with Crippen LogP contribution >= 0.6 is 34.5 Å². The van der Waals surface area contributed by atoms with Crippen LogP contribution in [0.1, 0.15) is 24.8 Å². The van der Waals surface area contributed by atoms with Crippen molar-refractivity contribution < 1.29 is 0 Å². The maximum Gasteiger partial charge on any atom is 0.143 e. The summed E-state index contributed by atoms with van der Waals surface area (Å²) < 4.78 is 0. The van der Waals surface area contributed by atoms with E-state index in [4.69, 9.17) is 23.2 Å². The molecule has 0 fully saturated rings. The average molecular weight is 302 g/mol. The zero-order valence-electron chi connectivity index (χ0n) is 10.1. The van der Waals surface area contributed by atoms with Crippen LogP contribution in [0.15, 0.2) is 18.5 Å². The third-order valence-corrected chi connectivity index (χ3v) is 4.15. The molecule has 0 aliphatic heterocycles. The van der Waals surface area contributed by atoms with Crippen molar-refractivity contribution in [2.45, 2.75) is 19.9 Å². The van der Waals surface area contributed by atoms with E-state index in [1.54, 1.807) is 23.6 Å². The van der Waals surface area contributed by atoms with Gasteiger partial charge in [-0.1, -0.05) is 30.1 Å². The van der Waals surface area contributed by atoms with E-state index in [2.05, 4.69) is 29.1 Å². The Kier molecular flexibility index (Phi) is 4.56. The minimum absolute atomic E-state index is 0.285. The summed E-state index contributed by atoms with van der Waals surface area (Å²) in [5.41, 5.74) is 0.681. The topological polar surface area (TPSA) is 37.8 Å². The quantitative estimate of drug-likeness (QED) is 0.920. The molecule has 0 aliphatic carbocycles. The second-order valence-electron chi connectivity index (χ2n) is 3.83. The Labute approximate surface area is 120 Å². The fourth-order valence-electron chi connectivity index (χ4n) is 1.57. The summed E-state index contributed by atoms with van der Waals surface area (Å²) in [6.45, 7) is 5.11. The minimum atomic E-state index is 0.285. The largest absolute Gasteiger partial charge is 0.310 e. The van der Waals surface area contributed by atoms with Gasteiger partial charge in [-0.2, -0.15) is 0 Å². The maximum absolute atomic E-state index is 6.12. The predicted molar refractivity (Wildman–Crippen MR) is 77.5 cm³/mol. The molecule has 1 N–H and O–H groups in total. The van der Waals surface area contributed by atoms with Crippen LogP contribution in [0.25, 0.3) is 10.7 Å². The number of rotatable bonds is 4. The lowest BCUT2D eigenvalue weighted by Crippen LogP contribution is -2.16. The summed E-state index contributed by atoms with van der Waals surface area (Å²) in [4.78, 5) is 9.77. The van der Waals surface area contributed by atoms with Gasteiger partial charge in [0.25, 0.3) is 0 Å². The Morgan fingerprint density at radius 3 is 2.78 bits per heavy atom. The summed E-state index contributed by atoms with van der Waals surface area (Å²) in [6.07, 6.45) is 3.44. The van der Waals surface area contributed by atoms with E-state index in [1.165, 1.54) is 4.88 Å². The fraction of sp³-hybridized carbons (Fsp3) is 0.333. The molecule has 0 bridgehead atoms. The van der Waals surface area contributed by atoms with Gasteiger partial charge in [0.1, 0.15) is 10.7 Å². The maximum atomic E-state index is 6.12. The Balaban J connectivity index is 2.29. The van der Waals surface area contributed by atoms with Gasteiger partial charge in [0.05, 0.1) is 10.0 Å². The number of hydrogen-bond acceptors (Lipinski definition) is 4. The molecule has 0 spiro atoms. The van der Waals surface area contributed by atoms with Crippen molar-refractivity contribution in [1.82, 2.24) is 15.3 Å². The van der Waals surface area contributed by atoms with E-state index >= 15 is 0 Å². The zero-order chi connectivity index (χ0) is 13.1. The van der Waals surface area contributed by atoms with Crippen molar-refractivity contribution in [3.8, 4) is 10.7 Å². The summed E-state index contributed by atoms with van der Waals surface area (Å²) >= 11 is 13.5. The van der Waals surface area contributed by atoms with Gasteiger partial charge >= 0.3 is 0 Å². The summed E-state index contributed by atoms with van der Waals surface area (Å²) in [7, 11) is 0. The molecule has 0 radical (unpaired) electrons. The number of halogens is 2. The van der Waals surface area contributed by atoms with Gasteiger partial charge in [-0.15, -0.1) is 11.3 Å². The molecule has 2 rings (SSSR count). The number of nitrogens with zero attached hydrogens (tertiary/aromatic N) is 2. The molecule has 2 heterocycles. The monoisotopic (exact) mass is 301 g/mol. The van der Waals surface area contributed by atoms with Crippen LogP contribution in [0, 0.1) is 0 Å². The highest BCUT2D eigenvalue weighted by Gasteiger charge is 2.13. The van der Waals surface area contributed by atoms with E-state index in [-0.39, 0.29) is 6.04 Å². The normalized spacial score (nSPS) is 12.7. The summed E-state index contributed by atoms with van der Waals surface area (Å²) in [5, 5.41) is 5.22. The third kappa shape index (κ3) is 3.01. The van der Waals surface area contributed by atoms with E-state index in [9.17, 15) is 0 Å². The Morgan fingerprint density at radius 1 is 1.33 bits per heavy atom. The number of pyridine rings is 1. The lowest BCUT2D eigenvalue weighted by Gasteiger charge is -2.08. The van der Waals surface area contributed by atoms with Gasteiger partial charge in [-0.05, 0) is 19.5 Å². The Hall–Kier alpha value is -0.680. The molecule has 18 heavy (non-hydrogen) atoms. The van der Waals surface area contributed by atoms with Crippen molar-refractivity contribution in [1.29, 1.82) is 0 Å². The molecule has 1 atom stereocenters. The summed E-state index contributed by atoms with van der Waals surface area (Å²) in [5.74, 6) is 0. The van der Waals surface area contributed by atoms with Gasteiger partial charge in [0.15, 0.2) is 0 Å². The van der Waals surface area contributed by atoms with Crippen LogP contribution in [0.3, 0.4) is 0 Å². The highest BCUT2D eigenvalue weighted by Crippen LogP contribution is 2.32. The van der Waals surface area contributed by atoms with E-state index < -0.39 is 0 Å². The number of aromatic nitrogens is 2. The zero-order valence-corrected chi connectivity index (χ0v) is 12.4. The van der Waals surface area contributed by atoms with Crippen molar-refractivity contribution in [3.05, 3.63) is 33.4 Å². The lowest BCUT2D eigenvalue weighted by atomic mass is 10.3. The van der Waals surface area contributed by atoms with Gasteiger partial charge in [0.2, 0.25) is 0 Å². The Bertz CT molecular complexity index is 542. The second-order valence-corrected chi connectivity index (χ2v) is 5.74. The third-order valence-electron chi connectivity index (χ3n) is 2.47. The molecule has 0 saturated heterocycles. The molecule has 3 nitrogen and oxygen atoms in total. The fourth-order valence-corrected chi connectivity index (χ4v) is 3.05. The lowest BCUT2D eigenvalue weighted by molar-refractivity contribution is 0.606. The van der Waals surface area contributed by atoms with E-state index in [1.807, 2.05) is 6.20 Å². The molecular weight excluding hydrogens is 289 g/mol. The SMILES string of the molecule is CCNC(C)c1cnc(-c2ncc(Cl)cc2Cl)s1. The predicted octanol–water partition coefficient (Wildman–Crippen LogP) is 4.18. The first kappa shape index (κ1) is 13.7. The van der Waals surface area contributed by atoms with Crippen LogP contribution in [-0.4, -0.2) is 16.5 Å². The first-order chi connectivity index (χ1) is 8.61. The van der Waals surface area contributed by atoms with Crippen LogP contribution in [0.2, 0.25) is 10.0 Å². The highest BCUT2D eigenvalue weighted by atomic mass is 35.5. The van der Waals surface area contributed by atoms with Gasteiger partial charge in [-0.25, -0.2) is 4.98 Å². The highest BCUT2D eigenvalue weighted by molar-refractivity contribution is 7.15. The van der Waals surface area contributed by atoms with Crippen LogP contribution in [0.4, 0.5) is 0 Å². The molecule has 1 unspecified atom stereocenters. The number of nitrogens with one attached hydrogen (secondary N) is 1. The molecule has 0 aliphatic rings. The molecule has 0 aromatic carbocycles. The number of thiazole rings is 1. The van der Waals surface area contributed by atoms with Gasteiger partial charge in [-0.3, -0.25) is 4.98 Å². The smallest absolute Gasteiger partial charge is 0.143 e. The number of hydrogen-bond donors (Lipinski definition) is 1. The van der Waals surface area contributed by atoms with Crippen LogP contribution < -0.4 is 5.32 Å². The van der Waals surface area contributed by atoms with Crippen LogP contribution in [-0.2, 0) is 0 Å². The van der Waals surface area contributed by atoms with Crippen molar-refractivity contribution in [2.24, 2.45) is 0 Å². The molecule has 0 saturated carbocycles. The first-order valence-corrected chi connectivity index (χ1v) is 7.19. The minimum Gasteiger partial charge on any atom is -0.310 e. The first-order valence-electron chi connectivity index (χ1n) is 5.62. The molecule has 0 amide bonds. The van der Waals surface area contributed by atoms with Crippen LogP contribution in [0.5, 0.6) is 0 Å². The van der Waals surface area contributed by atoms with Crippen molar-refractivity contribution >= 4 is 34.5 Å². The van der Waals surface area contributed by atoms with E-state index in [0.29, 0.717) is 15.7 Å². The van der Waals surface area contributed by atoms with Crippen molar-refractivity contribution in [2.75, 3.05) is 6.54 Å². The standard InChI is InChI=1S/C12H13Cl2N3S/c1-3-15-7(2)10-6-17-12(18-10)11-9(14)4-8(13)5-16-11/h4-7,15H,3H2,1-2H3. The average Bonchev–Trinajstić information content (AvgIpc) is 2.78. The van der Waals surface area contributed by atoms with Gasteiger partial charge < -0.3 is 5.32 Å². The van der Waals surface area contributed by atoms with E-state index in [0.717, 1.165) is 11.6 Å². The molecule has 96 valence electrons. The second kappa shape index (κ2) is 5.97. The summed E-state index contributed by atoms with van der Waals surface area (Å²) in [6, 6.07) is 1.97. The molecule has 2 aromatic rings. The molecule has 2 aromatic heterocycles. The molecule has 6 heteroatoms. The van der Waals surface area contributed by atoms with Gasteiger partial charge in [0, 0.05) is 23.3 Å². The Morgan fingerprint density at radius 2 is 2.11 bits per heavy atom. The van der Waals surface area contributed by atoms with Crippen molar-refractivity contribution in [3.63, 3.8) is 0 Å².